The van der Waals surface area contributed by atoms with Gasteiger partial charge in [-0.05, 0) is 35.9 Å². The standard InChI is InChI=1S/C18H10ClFN2O2S/c19-13(8-10-3-1-4-11(20)7-10)16-21-17(23)15-12(9-25-18(15)22-16)14-5-2-6-24-14/h1-9H,(H,21,22,23)/b13-8-. The molecule has 124 valence electrons. The summed E-state index contributed by atoms with van der Waals surface area (Å²) in [6.45, 7) is 0. The van der Waals surface area contributed by atoms with Gasteiger partial charge < -0.3 is 9.40 Å². The van der Waals surface area contributed by atoms with Crippen molar-refractivity contribution in [1.82, 2.24) is 9.97 Å². The highest BCUT2D eigenvalue weighted by atomic mass is 35.5. The number of rotatable bonds is 3. The maximum Gasteiger partial charge on any atom is 0.260 e. The number of hydrogen-bond acceptors (Lipinski definition) is 4. The van der Waals surface area contributed by atoms with Crippen molar-refractivity contribution in [3.63, 3.8) is 0 Å². The number of aromatic nitrogens is 2. The van der Waals surface area contributed by atoms with Gasteiger partial charge in [0.2, 0.25) is 0 Å². The molecule has 1 aromatic carbocycles. The van der Waals surface area contributed by atoms with Crippen molar-refractivity contribution in [2.75, 3.05) is 0 Å². The molecule has 0 unspecified atom stereocenters. The molecule has 0 aliphatic rings. The summed E-state index contributed by atoms with van der Waals surface area (Å²) in [4.78, 5) is 20.2. The maximum absolute atomic E-state index is 13.3. The fraction of sp³-hybridized carbons (Fsp3) is 0. The highest BCUT2D eigenvalue weighted by Gasteiger charge is 2.15. The van der Waals surface area contributed by atoms with E-state index in [4.69, 9.17) is 16.0 Å². The first kappa shape index (κ1) is 15.8. The average Bonchev–Trinajstić information content (AvgIpc) is 3.23. The van der Waals surface area contributed by atoms with Crippen LogP contribution in [-0.4, -0.2) is 9.97 Å². The summed E-state index contributed by atoms with van der Waals surface area (Å²) in [7, 11) is 0. The van der Waals surface area contributed by atoms with Crippen LogP contribution in [0.5, 0.6) is 0 Å². The molecule has 0 aliphatic heterocycles. The topological polar surface area (TPSA) is 58.9 Å². The van der Waals surface area contributed by atoms with Crippen LogP contribution in [0.1, 0.15) is 11.4 Å². The summed E-state index contributed by atoms with van der Waals surface area (Å²) >= 11 is 7.59. The van der Waals surface area contributed by atoms with Crippen LogP contribution in [0.4, 0.5) is 4.39 Å². The van der Waals surface area contributed by atoms with Crippen molar-refractivity contribution in [1.29, 1.82) is 0 Å². The van der Waals surface area contributed by atoms with Crippen LogP contribution in [-0.2, 0) is 0 Å². The van der Waals surface area contributed by atoms with Gasteiger partial charge in [-0.2, -0.15) is 0 Å². The highest BCUT2D eigenvalue weighted by molar-refractivity contribution is 7.17. The molecular weight excluding hydrogens is 363 g/mol. The fourth-order valence-corrected chi connectivity index (χ4v) is 3.63. The molecule has 0 fully saturated rings. The molecule has 0 aliphatic carbocycles. The van der Waals surface area contributed by atoms with Gasteiger partial charge >= 0.3 is 0 Å². The fourth-order valence-electron chi connectivity index (χ4n) is 2.49. The molecule has 0 saturated carbocycles. The molecule has 3 heterocycles. The number of nitrogens with zero attached hydrogens (tertiary/aromatic N) is 1. The summed E-state index contributed by atoms with van der Waals surface area (Å²) in [5.74, 6) is 0.473. The quantitative estimate of drug-likeness (QED) is 0.543. The number of hydrogen-bond donors (Lipinski definition) is 1. The Morgan fingerprint density at radius 1 is 1.32 bits per heavy atom. The van der Waals surface area contributed by atoms with Crippen molar-refractivity contribution >= 4 is 44.3 Å². The largest absolute Gasteiger partial charge is 0.464 e. The van der Waals surface area contributed by atoms with Gasteiger partial charge in [0, 0.05) is 10.9 Å². The number of halogens is 2. The first-order valence-electron chi connectivity index (χ1n) is 7.30. The van der Waals surface area contributed by atoms with Gasteiger partial charge in [-0.3, -0.25) is 4.79 Å². The second-order valence-electron chi connectivity index (χ2n) is 5.27. The predicted molar refractivity (Wildman–Crippen MR) is 98.1 cm³/mol. The van der Waals surface area contributed by atoms with E-state index in [0.29, 0.717) is 27.1 Å². The third kappa shape index (κ3) is 3.01. The number of H-pyrrole nitrogens is 1. The van der Waals surface area contributed by atoms with Gasteiger partial charge in [-0.25, -0.2) is 9.37 Å². The lowest BCUT2D eigenvalue weighted by atomic mass is 10.2. The smallest absolute Gasteiger partial charge is 0.260 e. The van der Waals surface area contributed by atoms with E-state index in [0.717, 1.165) is 0 Å². The lowest BCUT2D eigenvalue weighted by molar-refractivity contribution is 0.583. The van der Waals surface area contributed by atoms with Crippen molar-refractivity contribution in [3.05, 3.63) is 75.6 Å². The van der Waals surface area contributed by atoms with Gasteiger partial charge in [-0.15, -0.1) is 11.3 Å². The summed E-state index contributed by atoms with van der Waals surface area (Å²) in [5, 5.41) is 2.50. The Morgan fingerprint density at radius 3 is 2.96 bits per heavy atom. The average molecular weight is 373 g/mol. The molecule has 7 heteroatoms. The first-order chi connectivity index (χ1) is 12.1. The van der Waals surface area contributed by atoms with E-state index in [9.17, 15) is 9.18 Å². The normalized spacial score (nSPS) is 12.0. The summed E-state index contributed by atoms with van der Waals surface area (Å²) in [6, 6.07) is 9.53. The Bertz CT molecular complexity index is 1150. The van der Waals surface area contributed by atoms with Crippen molar-refractivity contribution in [3.8, 4) is 11.3 Å². The van der Waals surface area contributed by atoms with Crippen molar-refractivity contribution < 1.29 is 8.81 Å². The van der Waals surface area contributed by atoms with Gasteiger partial charge in [0.15, 0.2) is 5.82 Å². The van der Waals surface area contributed by atoms with Gasteiger partial charge in [0.05, 0.1) is 16.7 Å². The molecule has 4 nitrogen and oxygen atoms in total. The van der Waals surface area contributed by atoms with Crippen LogP contribution >= 0.6 is 22.9 Å². The molecule has 0 radical (unpaired) electrons. The zero-order chi connectivity index (χ0) is 17.4. The van der Waals surface area contributed by atoms with Crippen LogP contribution in [0, 0.1) is 5.82 Å². The lowest BCUT2D eigenvalue weighted by Gasteiger charge is -2.01. The van der Waals surface area contributed by atoms with E-state index in [1.165, 1.54) is 23.5 Å². The van der Waals surface area contributed by atoms with E-state index in [2.05, 4.69) is 9.97 Å². The van der Waals surface area contributed by atoms with E-state index in [-0.39, 0.29) is 22.2 Å². The van der Waals surface area contributed by atoms with Crippen molar-refractivity contribution in [2.45, 2.75) is 0 Å². The van der Waals surface area contributed by atoms with Crippen LogP contribution in [0.15, 0.2) is 57.3 Å². The van der Waals surface area contributed by atoms with Crippen LogP contribution < -0.4 is 5.56 Å². The minimum Gasteiger partial charge on any atom is -0.464 e. The van der Waals surface area contributed by atoms with E-state index < -0.39 is 0 Å². The molecule has 0 saturated heterocycles. The third-order valence-corrected chi connectivity index (χ3v) is 4.76. The highest BCUT2D eigenvalue weighted by Crippen LogP contribution is 2.31. The third-order valence-electron chi connectivity index (χ3n) is 3.60. The zero-order valence-electron chi connectivity index (χ0n) is 12.6. The Hall–Kier alpha value is -2.70. The summed E-state index contributed by atoms with van der Waals surface area (Å²) in [6.07, 6.45) is 3.10. The van der Waals surface area contributed by atoms with Crippen LogP contribution in [0.3, 0.4) is 0 Å². The number of benzene rings is 1. The Kier molecular flexibility index (Phi) is 3.99. The van der Waals surface area contributed by atoms with E-state index in [1.807, 2.05) is 5.38 Å². The molecule has 0 atom stereocenters. The van der Waals surface area contributed by atoms with E-state index >= 15 is 0 Å². The monoisotopic (exact) mass is 372 g/mol. The molecule has 0 amide bonds. The number of aromatic amines is 1. The second-order valence-corrected chi connectivity index (χ2v) is 6.53. The van der Waals surface area contributed by atoms with Gasteiger partial charge in [0.25, 0.3) is 5.56 Å². The Labute approximate surface area is 150 Å². The molecule has 0 bridgehead atoms. The summed E-state index contributed by atoms with van der Waals surface area (Å²) in [5.41, 5.74) is 0.962. The number of nitrogens with one attached hydrogen (secondary N) is 1. The number of fused-ring (bicyclic) bond motifs is 1. The number of thiophene rings is 1. The molecule has 4 aromatic rings. The second kappa shape index (κ2) is 6.31. The van der Waals surface area contributed by atoms with E-state index in [1.54, 1.807) is 36.6 Å². The molecule has 25 heavy (non-hydrogen) atoms. The predicted octanol–water partition coefficient (Wildman–Crippen LogP) is 5.12. The zero-order valence-corrected chi connectivity index (χ0v) is 14.2. The lowest BCUT2D eigenvalue weighted by Crippen LogP contribution is -2.10. The SMILES string of the molecule is O=c1[nH]c(/C(Cl)=C/c2cccc(F)c2)nc2scc(-c3ccco3)c12. The minimum absolute atomic E-state index is 0.220. The minimum atomic E-state index is -0.364. The Balaban J connectivity index is 1.81. The van der Waals surface area contributed by atoms with Crippen molar-refractivity contribution in [2.24, 2.45) is 0 Å². The van der Waals surface area contributed by atoms with Gasteiger partial charge in [0.1, 0.15) is 16.4 Å². The Morgan fingerprint density at radius 2 is 2.20 bits per heavy atom. The molecule has 0 spiro atoms. The molecule has 3 aromatic heterocycles. The molecular formula is C18H10ClFN2O2S. The maximum atomic E-state index is 13.3. The molecule has 1 N–H and O–H groups in total. The molecule has 4 rings (SSSR count). The first-order valence-corrected chi connectivity index (χ1v) is 8.56. The van der Waals surface area contributed by atoms with Crippen LogP contribution in [0.25, 0.3) is 32.6 Å². The van der Waals surface area contributed by atoms with Crippen LogP contribution in [0.2, 0.25) is 0 Å². The number of furan rings is 1. The summed E-state index contributed by atoms with van der Waals surface area (Å²) < 4.78 is 18.6. The van der Waals surface area contributed by atoms with Gasteiger partial charge in [-0.1, -0.05) is 23.7 Å².